The summed E-state index contributed by atoms with van der Waals surface area (Å²) in [6.07, 6.45) is 4.42. The Morgan fingerprint density at radius 3 is 2.57 bits per heavy atom. The zero-order chi connectivity index (χ0) is 15.7. The van der Waals surface area contributed by atoms with Crippen molar-refractivity contribution in [1.82, 2.24) is 5.32 Å². The summed E-state index contributed by atoms with van der Waals surface area (Å²) in [5.41, 5.74) is 3.85. The van der Waals surface area contributed by atoms with Crippen LogP contribution in [0.3, 0.4) is 0 Å². The fourth-order valence-corrected chi connectivity index (χ4v) is 3.59. The smallest absolute Gasteiger partial charge is 0.321 e. The second-order valence-electron chi connectivity index (χ2n) is 6.69. The third-order valence-electron chi connectivity index (χ3n) is 5.17. The molecular weight excluding hydrogens is 284 g/mol. The van der Waals surface area contributed by atoms with E-state index in [1.165, 1.54) is 11.1 Å². The number of hydrogen-bond acceptors (Lipinski definition) is 1. The molecule has 0 atom stereocenters. The van der Waals surface area contributed by atoms with Crippen LogP contribution in [-0.2, 0) is 11.8 Å². The summed E-state index contributed by atoms with van der Waals surface area (Å²) in [4.78, 5) is 14.6. The molecule has 3 nitrogen and oxygen atoms in total. The molecule has 0 spiro atoms. The number of carbonyl (C=O) groups excluding carboxylic acids is 1. The average Bonchev–Trinajstić information content (AvgIpc) is 3.41. The molecule has 0 aromatic heterocycles. The second kappa shape index (κ2) is 5.73. The molecule has 4 rings (SSSR count). The molecule has 2 aromatic rings. The number of nitrogens with zero attached hydrogens (tertiary/aromatic N) is 1. The molecule has 0 bridgehead atoms. The predicted molar refractivity (Wildman–Crippen MR) is 92.9 cm³/mol. The number of amides is 2. The van der Waals surface area contributed by atoms with Crippen molar-refractivity contribution in [1.29, 1.82) is 0 Å². The highest BCUT2D eigenvalue weighted by Gasteiger charge is 2.44. The number of urea groups is 1. The van der Waals surface area contributed by atoms with Crippen molar-refractivity contribution in [2.45, 2.75) is 31.1 Å². The topological polar surface area (TPSA) is 32.3 Å². The number of anilines is 1. The number of carbonyl (C=O) groups is 1. The van der Waals surface area contributed by atoms with E-state index in [0.717, 1.165) is 44.5 Å². The minimum Gasteiger partial charge on any atom is -0.337 e. The SMILES string of the molecule is O=C(NCC1(c2ccccc2)CC1)N1CCCc2ccccc21. The molecule has 23 heavy (non-hydrogen) atoms. The van der Waals surface area contributed by atoms with Crippen LogP contribution in [0.5, 0.6) is 0 Å². The predicted octanol–water partition coefficient (Wildman–Crippen LogP) is 3.88. The third kappa shape index (κ3) is 2.72. The van der Waals surface area contributed by atoms with E-state index in [9.17, 15) is 4.79 Å². The molecule has 1 heterocycles. The van der Waals surface area contributed by atoms with Gasteiger partial charge in [0.1, 0.15) is 0 Å². The van der Waals surface area contributed by atoms with Crippen molar-refractivity contribution in [3.8, 4) is 0 Å². The Balaban J connectivity index is 1.46. The monoisotopic (exact) mass is 306 g/mol. The van der Waals surface area contributed by atoms with Gasteiger partial charge in [0.15, 0.2) is 0 Å². The van der Waals surface area contributed by atoms with Gasteiger partial charge >= 0.3 is 6.03 Å². The van der Waals surface area contributed by atoms with E-state index >= 15 is 0 Å². The highest BCUT2D eigenvalue weighted by atomic mass is 16.2. The van der Waals surface area contributed by atoms with Crippen molar-refractivity contribution in [2.75, 3.05) is 18.0 Å². The quantitative estimate of drug-likeness (QED) is 0.917. The molecule has 0 saturated heterocycles. The van der Waals surface area contributed by atoms with E-state index in [0.29, 0.717) is 0 Å². The summed E-state index contributed by atoms with van der Waals surface area (Å²) < 4.78 is 0. The molecule has 2 aliphatic rings. The van der Waals surface area contributed by atoms with Gasteiger partial charge in [-0.3, -0.25) is 4.90 Å². The highest BCUT2D eigenvalue weighted by molar-refractivity contribution is 5.93. The Morgan fingerprint density at radius 1 is 1.04 bits per heavy atom. The van der Waals surface area contributed by atoms with Gasteiger partial charge in [0.2, 0.25) is 0 Å². The van der Waals surface area contributed by atoms with Crippen LogP contribution in [0.1, 0.15) is 30.4 Å². The lowest BCUT2D eigenvalue weighted by Crippen LogP contribution is -2.45. The van der Waals surface area contributed by atoms with Crippen LogP contribution in [0.25, 0.3) is 0 Å². The number of rotatable bonds is 3. The van der Waals surface area contributed by atoms with Gasteiger partial charge in [0.25, 0.3) is 0 Å². The first-order valence-electron chi connectivity index (χ1n) is 8.47. The first-order chi connectivity index (χ1) is 11.3. The maximum atomic E-state index is 12.7. The van der Waals surface area contributed by atoms with Crippen molar-refractivity contribution >= 4 is 11.7 Å². The van der Waals surface area contributed by atoms with E-state index in [1.807, 2.05) is 17.0 Å². The van der Waals surface area contributed by atoms with Gasteiger partial charge in [-0.15, -0.1) is 0 Å². The standard InChI is InChI=1S/C20H22N2O/c23-19(22-14-6-8-16-7-4-5-11-18(16)22)21-15-20(12-13-20)17-9-2-1-3-10-17/h1-5,7,9-11H,6,8,12-15H2,(H,21,23). The molecule has 1 saturated carbocycles. The highest BCUT2D eigenvalue weighted by Crippen LogP contribution is 2.47. The normalized spacial score (nSPS) is 18.2. The molecule has 3 heteroatoms. The maximum absolute atomic E-state index is 12.7. The van der Waals surface area contributed by atoms with Crippen molar-refractivity contribution in [3.63, 3.8) is 0 Å². The van der Waals surface area contributed by atoms with Gasteiger partial charge in [0.05, 0.1) is 0 Å². The summed E-state index contributed by atoms with van der Waals surface area (Å²) in [6.45, 7) is 1.54. The van der Waals surface area contributed by atoms with Crippen molar-refractivity contribution in [3.05, 3.63) is 65.7 Å². The minimum atomic E-state index is 0.0411. The van der Waals surface area contributed by atoms with Gasteiger partial charge in [-0.1, -0.05) is 48.5 Å². The van der Waals surface area contributed by atoms with Crippen LogP contribution in [-0.4, -0.2) is 19.1 Å². The molecule has 118 valence electrons. The van der Waals surface area contributed by atoms with Gasteiger partial charge in [-0.25, -0.2) is 4.79 Å². The minimum absolute atomic E-state index is 0.0411. The van der Waals surface area contributed by atoms with Gasteiger partial charge in [-0.05, 0) is 42.9 Å². The Hall–Kier alpha value is -2.29. The van der Waals surface area contributed by atoms with E-state index in [2.05, 4.69) is 47.8 Å². The summed E-state index contributed by atoms with van der Waals surface area (Å²) >= 11 is 0. The lowest BCUT2D eigenvalue weighted by Gasteiger charge is -2.30. The summed E-state index contributed by atoms with van der Waals surface area (Å²) in [7, 11) is 0. The van der Waals surface area contributed by atoms with Crippen LogP contribution in [0.2, 0.25) is 0 Å². The molecule has 2 aromatic carbocycles. The van der Waals surface area contributed by atoms with Crippen LogP contribution < -0.4 is 10.2 Å². The van der Waals surface area contributed by atoms with E-state index in [4.69, 9.17) is 0 Å². The van der Waals surface area contributed by atoms with Crippen LogP contribution in [0, 0.1) is 0 Å². The summed E-state index contributed by atoms with van der Waals surface area (Å²) in [5, 5.41) is 3.18. The van der Waals surface area contributed by atoms with Gasteiger partial charge in [-0.2, -0.15) is 0 Å². The lowest BCUT2D eigenvalue weighted by atomic mass is 9.96. The van der Waals surface area contributed by atoms with E-state index < -0.39 is 0 Å². The van der Waals surface area contributed by atoms with Crippen molar-refractivity contribution in [2.24, 2.45) is 0 Å². The van der Waals surface area contributed by atoms with E-state index in [-0.39, 0.29) is 11.4 Å². The fourth-order valence-electron chi connectivity index (χ4n) is 3.59. The molecule has 0 unspecified atom stereocenters. The van der Waals surface area contributed by atoms with E-state index in [1.54, 1.807) is 0 Å². The summed E-state index contributed by atoms with van der Waals surface area (Å²) in [5.74, 6) is 0. The van der Waals surface area contributed by atoms with Crippen LogP contribution >= 0.6 is 0 Å². The number of para-hydroxylation sites is 1. The first kappa shape index (κ1) is 14.3. The molecule has 1 aliphatic heterocycles. The number of aryl methyl sites for hydroxylation is 1. The second-order valence-corrected chi connectivity index (χ2v) is 6.69. The number of benzene rings is 2. The lowest BCUT2D eigenvalue weighted by molar-refractivity contribution is 0.244. The van der Waals surface area contributed by atoms with Gasteiger partial charge in [0, 0.05) is 24.2 Å². The zero-order valence-corrected chi connectivity index (χ0v) is 13.3. The Labute approximate surface area is 137 Å². The number of hydrogen-bond donors (Lipinski definition) is 1. The van der Waals surface area contributed by atoms with Crippen molar-refractivity contribution < 1.29 is 4.79 Å². The molecular formula is C20H22N2O. The fraction of sp³-hybridized carbons (Fsp3) is 0.350. The molecule has 0 radical (unpaired) electrons. The molecule has 2 amide bonds. The largest absolute Gasteiger partial charge is 0.337 e. The zero-order valence-electron chi connectivity index (χ0n) is 13.3. The van der Waals surface area contributed by atoms with Gasteiger partial charge < -0.3 is 5.32 Å². The number of fused-ring (bicyclic) bond motifs is 1. The number of nitrogens with one attached hydrogen (secondary N) is 1. The molecule has 1 N–H and O–H groups in total. The molecule has 1 fully saturated rings. The first-order valence-corrected chi connectivity index (χ1v) is 8.47. The Bertz CT molecular complexity index is 707. The average molecular weight is 306 g/mol. The van der Waals surface area contributed by atoms with Crippen LogP contribution in [0.15, 0.2) is 54.6 Å². The third-order valence-corrected chi connectivity index (χ3v) is 5.17. The molecule has 1 aliphatic carbocycles. The Morgan fingerprint density at radius 2 is 1.78 bits per heavy atom. The Kier molecular flexibility index (Phi) is 3.56. The maximum Gasteiger partial charge on any atom is 0.321 e. The summed E-state index contributed by atoms with van der Waals surface area (Å²) in [6, 6.07) is 18.8. The van der Waals surface area contributed by atoms with Crippen LogP contribution in [0.4, 0.5) is 10.5 Å².